The monoisotopic (exact) mass is 264 g/mol. The number of carbonyl (C=O) groups excluding carboxylic acids is 1. The third kappa shape index (κ3) is 2.70. The Labute approximate surface area is 112 Å². The summed E-state index contributed by atoms with van der Waals surface area (Å²) in [4.78, 5) is 11.7. The lowest BCUT2D eigenvalue weighted by Crippen LogP contribution is -2.29. The zero-order valence-electron chi connectivity index (χ0n) is 11.4. The molecule has 5 heteroatoms. The third-order valence-corrected chi connectivity index (χ3v) is 3.06. The molecule has 1 heterocycles. The number of hydrogen-bond donors (Lipinski definition) is 0. The van der Waals surface area contributed by atoms with Crippen LogP contribution in [0, 0.1) is 0 Å². The first-order chi connectivity index (χ1) is 9.19. The molecule has 0 aromatic heterocycles. The number of hydrogen-bond acceptors (Lipinski definition) is 4. The zero-order valence-corrected chi connectivity index (χ0v) is 11.4. The van der Waals surface area contributed by atoms with Crippen LogP contribution < -0.4 is 9.47 Å². The summed E-state index contributed by atoms with van der Waals surface area (Å²) in [6.45, 7) is 2.78. The van der Waals surface area contributed by atoms with Gasteiger partial charge in [-0.2, -0.15) is 4.79 Å². The minimum Gasteiger partial charge on any atom is -0.493 e. The van der Waals surface area contributed by atoms with E-state index in [0.717, 1.165) is 17.5 Å². The van der Waals surface area contributed by atoms with E-state index in [0.29, 0.717) is 24.7 Å². The molecule has 0 saturated carbocycles. The van der Waals surface area contributed by atoms with Gasteiger partial charge in [0, 0.05) is 12.0 Å². The summed E-state index contributed by atoms with van der Waals surface area (Å²) >= 11 is 0. The third-order valence-electron chi connectivity index (χ3n) is 3.06. The molecule has 1 aliphatic heterocycles. The Morgan fingerprint density at radius 2 is 1.95 bits per heavy atom. The van der Waals surface area contributed by atoms with Crippen LogP contribution >= 0.6 is 0 Å². The van der Waals surface area contributed by atoms with Gasteiger partial charge in [-0.25, -0.2) is 0 Å². The van der Waals surface area contributed by atoms with Crippen molar-refractivity contribution in [3.05, 3.63) is 23.3 Å². The van der Waals surface area contributed by atoms with Crippen molar-refractivity contribution in [1.29, 1.82) is 0 Å². The van der Waals surface area contributed by atoms with Crippen LogP contribution in [0.25, 0.3) is 0 Å². The number of ether oxygens (including phenoxy) is 3. The molecule has 0 fully saturated rings. The second-order valence-corrected chi connectivity index (χ2v) is 4.18. The molecule has 2 rings (SSSR count). The first kappa shape index (κ1) is 13.4. The molecule has 1 aromatic rings. The standard InChI is InChI=1S/C14H18NO4/c1-4-19-14(16)15-6-5-10-7-12(17-2)13(18-3)8-11(10)9-15/h7-9H,4-6H2,1-3H3/q+1. The predicted molar refractivity (Wildman–Crippen MR) is 70.6 cm³/mol. The number of carbonyl (C=O) groups is 1. The molecule has 0 bridgehead atoms. The fourth-order valence-electron chi connectivity index (χ4n) is 2.10. The molecular formula is C14H18NO4+. The van der Waals surface area contributed by atoms with Gasteiger partial charge in [-0.3, -0.25) is 0 Å². The minimum absolute atomic E-state index is 0.317. The van der Waals surface area contributed by atoms with Gasteiger partial charge in [0.2, 0.25) is 0 Å². The number of amides is 1. The van der Waals surface area contributed by atoms with Crippen molar-refractivity contribution in [1.82, 2.24) is 0 Å². The highest BCUT2D eigenvalue weighted by molar-refractivity contribution is 5.84. The molecule has 1 aliphatic rings. The van der Waals surface area contributed by atoms with Crippen molar-refractivity contribution in [2.45, 2.75) is 13.3 Å². The minimum atomic E-state index is -0.317. The van der Waals surface area contributed by atoms with E-state index >= 15 is 0 Å². The van der Waals surface area contributed by atoms with Gasteiger partial charge in [-0.15, -0.1) is 4.58 Å². The quantitative estimate of drug-likeness (QED) is 0.782. The predicted octanol–water partition coefficient (Wildman–Crippen LogP) is 1.85. The lowest BCUT2D eigenvalue weighted by atomic mass is 10.0. The lowest BCUT2D eigenvalue weighted by molar-refractivity contribution is -0.442. The van der Waals surface area contributed by atoms with Gasteiger partial charge in [0.15, 0.2) is 24.3 Å². The Morgan fingerprint density at radius 3 is 2.58 bits per heavy atom. The zero-order chi connectivity index (χ0) is 13.8. The van der Waals surface area contributed by atoms with Crippen molar-refractivity contribution < 1.29 is 23.6 Å². The maximum Gasteiger partial charge on any atom is 0.596 e. The molecule has 0 radical (unpaired) electrons. The van der Waals surface area contributed by atoms with E-state index in [1.807, 2.05) is 12.1 Å². The van der Waals surface area contributed by atoms with E-state index in [-0.39, 0.29) is 6.09 Å². The smallest absolute Gasteiger partial charge is 0.493 e. The molecule has 1 amide bonds. The molecule has 0 unspecified atom stereocenters. The average molecular weight is 264 g/mol. The van der Waals surface area contributed by atoms with E-state index < -0.39 is 0 Å². The maximum atomic E-state index is 11.7. The molecule has 0 aliphatic carbocycles. The summed E-state index contributed by atoms with van der Waals surface area (Å²) in [5.74, 6) is 1.36. The number of rotatable bonds is 3. The highest BCUT2D eigenvalue weighted by Crippen LogP contribution is 2.31. The first-order valence-corrected chi connectivity index (χ1v) is 6.22. The largest absolute Gasteiger partial charge is 0.596 e. The average Bonchev–Trinajstić information content (AvgIpc) is 2.45. The summed E-state index contributed by atoms with van der Waals surface area (Å²) < 4.78 is 17.1. The molecule has 0 atom stereocenters. The van der Waals surface area contributed by atoms with Crippen molar-refractivity contribution >= 4 is 12.3 Å². The molecule has 19 heavy (non-hydrogen) atoms. The Morgan fingerprint density at radius 1 is 1.26 bits per heavy atom. The van der Waals surface area contributed by atoms with Gasteiger partial charge in [-0.05, 0) is 24.6 Å². The Balaban J connectivity index is 2.36. The van der Waals surface area contributed by atoms with Crippen molar-refractivity contribution in [2.24, 2.45) is 0 Å². The van der Waals surface area contributed by atoms with Gasteiger partial charge in [0.25, 0.3) is 0 Å². The lowest BCUT2D eigenvalue weighted by Gasteiger charge is -2.14. The van der Waals surface area contributed by atoms with Crippen molar-refractivity contribution in [3.8, 4) is 11.5 Å². The molecule has 1 aromatic carbocycles. The van der Waals surface area contributed by atoms with Gasteiger partial charge in [0.05, 0.1) is 20.8 Å². The van der Waals surface area contributed by atoms with Crippen LogP contribution in [-0.2, 0) is 11.2 Å². The van der Waals surface area contributed by atoms with Crippen LogP contribution in [0.5, 0.6) is 11.5 Å². The van der Waals surface area contributed by atoms with Gasteiger partial charge in [-0.1, -0.05) is 0 Å². The van der Waals surface area contributed by atoms with Crippen LogP contribution in [0.15, 0.2) is 12.1 Å². The van der Waals surface area contributed by atoms with Crippen LogP contribution in [0.1, 0.15) is 18.1 Å². The number of benzene rings is 1. The Bertz CT molecular complexity index is 522. The van der Waals surface area contributed by atoms with E-state index in [1.54, 1.807) is 31.9 Å². The fraction of sp³-hybridized carbons (Fsp3) is 0.429. The van der Waals surface area contributed by atoms with Crippen LogP contribution in [0.3, 0.4) is 0 Å². The van der Waals surface area contributed by atoms with Gasteiger partial charge >= 0.3 is 6.09 Å². The van der Waals surface area contributed by atoms with E-state index in [2.05, 4.69) is 0 Å². The number of nitrogens with zero attached hydrogens (tertiary/aromatic N) is 1. The molecule has 5 nitrogen and oxygen atoms in total. The van der Waals surface area contributed by atoms with Gasteiger partial charge in [0.1, 0.15) is 0 Å². The highest BCUT2D eigenvalue weighted by Gasteiger charge is 2.25. The summed E-state index contributed by atoms with van der Waals surface area (Å²) in [6, 6.07) is 3.83. The Hall–Kier alpha value is -2.04. The second kappa shape index (κ2) is 5.73. The molecule has 0 N–H and O–H groups in total. The van der Waals surface area contributed by atoms with Crippen LogP contribution in [0.4, 0.5) is 4.79 Å². The fourth-order valence-corrected chi connectivity index (χ4v) is 2.10. The summed E-state index contributed by atoms with van der Waals surface area (Å²) in [5, 5.41) is 0. The highest BCUT2D eigenvalue weighted by atomic mass is 16.5. The second-order valence-electron chi connectivity index (χ2n) is 4.18. The van der Waals surface area contributed by atoms with Crippen LogP contribution in [0.2, 0.25) is 0 Å². The van der Waals surface area contributed by atoms with Gasteiger partial charge < -0.3 is 14.2 Å². The molecule has 0 spiro atoms. The van der Waals surface area contributed by atoms with E-state index in [9.17, 15) is 4.79 Å². The first-order valence-electron chi connectivity index (χ1n) is 6.22. The van der Waals surface area contributed by atoms with Crippen molar-refractivity contribution in [3.63, 3.8) is 0 Å². The summed E-state index contributed by atoms with van der Waals surface area (Å²) in [6.07, 6.45) is 2.24. The van der Waals surface area contributed by atoms with E-state index in [4.69, 9.17) is 14.2 Å². The van der Waals surface area contributed by atoms with Crippen LogP contribution in [-0.4, -0.2) is 44.3 Å². The van der Waals surface area contributed by atoms with E-state index in [1.165, 1.54) is 0 Å². The normalized spacial score (nSPS) is 13.3. The molecular weight excluding hydrogens is 246 g/mol. The summed E-state index contributed by atoms with van der Waals surface area (Å²) in [7, 11) is 3.21. The molecule has 0 saturated heterocycles. The Kier molecular flexibility index (Phi) is 4.04. The van der Waals surface area contributed by atoms with Crippen molar-refractivity contribution in [2.75, 3.05) is 27.4 Å². The summed E-state index contributed by atoms with van der Waals surface area (Å²) in [5.41, 5.74) is 2.09. The number of methoxy groups -OCH3 is 2. The number of fused-ring (bicyclic) bond motifs is 1. The molecule has 102 valence electrons. The topological polar surface area (TPSA) is 47.8 Å². The maximum absolute atomic E-state index is 11.7. The SMILES string of the molecule is CCOC(=O)[N+]1=Cc2cc(OC)c(OC)cc2CC1.